The van der Waals surface area contributed by atoms with Gasteiger partial charge in [0.15, 0.2) is 0 Å². The number of hydrogen-bond acceptors (Lipinski definition) is 1. The molecule has 0 spiro atoms. The van der Waals surface area contributed by atoms with Crippen LogP contribution in [0.5, 0.6) is 0 Å². The minimum atomic E-state index is -0.874. The summed E-state index contributed by atoms with van der Waals surface area (Å²) >= 11 is 0. The zero-order valence-corrected chi connectivity index (χ0v) is 11.8. The van der Waals surface area contributed by atoms with Gasteiger partial charge in [-0.3, -0.25) is 0 Å². The van der Waals surface area contributed by atoms with Crippen LogP contribution in [0.25, 0.3) is 11.6 Å². The third-order valence-electron chi connectivity index (χ3n) is 3.96. The average molecular weight is 262 g/mol. The molecule has 3 rings (SSSR count). The van der Waals surface area contributed by atoms with Crippen molar-refractivity contribution in [2.24, 2.45) is 0 Å². The maximum Gasteiger partial charge on any atom is 0.113 e. The molecule has 2 aromatic carbocycles. The molecule has 0 saturated heterocycles. The van der Waals surface area contributed by atoms with Gasteiger partial charge in [-0.2, -0.15) is 0 Å². The molecular formula is C19H18O. The fourth-order valence-electron chi connectivity index (χ4n) is 3.00. The van der Waals surface area contributed by atoms with E-state index in [2.05, 4.69) is 25.1 Å². The summed E-state index contributed by atoms with van der Waals surface area (Å²) in [4.78, 5) is 0. The van der Waals surface area contributed by atoms with Crippen molar-refractivity contribution in [3.8, 4) is 0 Å². The molecule has 1 aliphatic carbocycles. The van der Waals surface area contributed by atoms with Crippen molar-refractivity contribution in [2.45, 2.75) is 19.4 Å². The fraction of sp³-hybridized carbons (Fsp3) is 0.158. The summed E-state index contributed by atoms with van der Waals surface area (Å²) in [5, 5.41) is 10.8. The van der Waals surface area contributed by atoms with Crippen LogP contribution < -0.4 is 0 Å². The highest BCUT2D eigenvalue weighted by Gasteiger charge is 2.42. The predicted octanol–water partition coefficient (Wildman–Crippen LogP) is 4.31. The van der Waals surface area contributed by atoms with Crippen LogP contribution >= 0.6 is 0 Å². The van der Waals surface area contributed by atoms with Crippen molar-refractivity contribution in [1.29, 1.82) is 0 Å². The van der Waals surface area contributed by atoms with E-state index in [9.17, 15) is 5.11 Å². The first kappa shape index (κ1) is 12.9. The Labute approximate surface area is 119 Å². The first-order valence-corrected chi connectivity index (χ1v) is 6.87. The quantitative estimate of drug-likeness (QED) is 0.855. The van der Waals surface area contributed by atoms with Crippen LogP contribution in [-0.4, -0.2) is 10.7 Å². The van der Waals surface area contributed by atoms with Crippen molar-refractivity contribution >= 4 is 11.6 Å². The molecule has 1 aliphatic rings. The molecule has 0 aliphatic heterocycles. The second-order valence-corrected chi connectivity index (χ2v) is 5.41. The van der Waals surface area contributed by atoms with Gasteiger partial charge >= 0.3 is 0 Å². The maximum atomic E-state index is 10.8. The van der Waals surface area contributed by atoms with E-state index in [0.717, 1.165) is 22.3 Å². The lowest BCUT2D eigenvalue weighted by Crippen LogP contribution is -2.38. The van der Waals surface area contributed by atoms with Gasteiger partial charge in [0.05, 0.1) is 0 Å². The highest BCUT2D eigenvalue weighted by Crippen LogP contribution is 2.49. The molecule has 0 fully saturated rings. The topological polar surface area (TPSA) is 20.2 Å². The minimum Gasteiger partial charge on any atom is -0.381 e. The highest BCUT2D eigenvalue weighted by molar-refractivity contribution is 5.93. The lowest BCUT2D eigenvalue weighted by atomic mass is 9.67. The van der Waals surface area contributed by atoms with Gasteiger partial charge < -0.3 is 5.11 Å². The Morgan fingerprint density at radius 2 is 1.45 bits per heavy atom. The number of hydrogen-bond donors (Lipinski definition) is 1. The monoisotopic (exact) mass is 262 g/mol. The standard InChI is InChI=1S/C19H18O/c1-14-17(13-15-9-5-3-6-10-15)19(2,20)18(14)16-11-7-4-8-12-16/h3-13,20H,1-2H3/b17-13+. The molecule has 1 N–H and O–H groups in total. The van der Waals surface area contributed by atoms with Crippen molar-refractivity contribution in [2.75, 3.05) is 0 Å². The van der Waals surface area contributed by atoms with Crippen molar-refractivity contribution in [3.63, 3.8) is 0 Å². The van der Waals surface area contributed by atoms with Gasteiger partial charge in [-0.1, -0.05) is 60.7 Å². The van der Waals surface area contributed by atoms with E-state index in [-0.39, 0.29) is 0 Å². The molecule has 1 nitrogen and oxygen atoms in total. The first-order chi connectivity index (χ1) is 9.60. The summed E-state index contributed by atoms with van der Waals surface area (Å²) < 4.78 is 0. The van der Waals surface area contributed by atoms with Crippen LogP contribution in [0.4, 0.5) is 0 Å². The Hall–Kier alpha value is -2.12. The second-order valence-electron chi connectivity index (χ2n) is 5.41. The van der Waals surface area contributed by atoms with Gasteiger partial charge in [-0.15, -0.1) is 0 Å². The normalized spacial score (nSPS) is 23.9. The molecule has 0 radical (unpaired) electrons. The molecule has 1 atom stereocenters. The van der Waals surface area contributed by atoms with Crippen LogP contribution in [0, 0.1) is 0 Å². The molecule has 0 saturated carbocycles. The van der Waals surface area contributed by atoms with Crippen molar-refractivity contribution < 1.29 is 5.11 Å². The SMILES string of the molecule is CC1=C(c2ccccc2)C(C)(O)/C1=C/c1ccccc1. The van der Waals surface area contributed by atoms with E-state index < -0.39 is 5.60 Å². The third kappa shape index (κ3) is 2.00. The van der Waals surface area contributed by atoms with Crippen LogP contribution in [-0.2, 0) is 0 Å². The van der Waals surface area contributed by atoms with Crippen LogP contribution in [0.15, 0.2) is 71.8 Å². The average Bonchev–Trinajstić information content (AvgIpc) is 2.47. The summed E-state index contributed by atoms with van der Waals surface area (Å²) in [6.45, 7) is 3.95. The van der Waals surface area contributed by atoms with Gasteiger partial charge in [-0.25, -0.2) is 0 Å². The number of rotatable bonds is 2. The van der Waals surface area contributed by atoms with Gasteiger partial charge in [0.25, 0.3) is 0 Å². The van der Waals surface area contributed by atoms with Gasteiger partial charge in [-0.05, 0) is 47.8 Å². The zero-order chi connectivity index (χ0) is 14.2. The fourth-order valence-corrected chi connectivity index (χ4v) is 3.00. The summed E-state index contributed by atoms with van der Waals surface area (Å²) in [5.41, 5.74) is 4.55. The molecule has 0 heterocycles. The van der Waals surface area contributed by atoms with Gasteiger partial charge in [0, 0.05) is 0 Å². The van der Waals surface area contributed by atoms with Crippen molar-refractivity contribution in [1.82, 2.24) is 0 Å². The maximum absolute atomic E-state index is 10.8. The summed E-state index contributed by atoms with van der Waals surface area (Å²) in [6, 6.07) is 20.2. The Balaban J connectivity index is 2.05. The van der Waals surface area contributed by atoms with Crippen LogP contribution in [0.1, 0.15) is 25.0 Å². The minimum absolute atomic E-state index is 0.874. The molecular weight excluding hydrogens is 244 g/mol. The predicted molar refractivity (Wildman–Crippen MR) is 84.1 cm³/mol. The smallest absolute Gasteiger partial charge is 0.113 e. The van der Waals surface area contributed by atoms with E-state index in [4.69, 9.17) is 0 Å². The lowest BCUT2D eigenvalue weighted by molar-refractivity contribution is 0.152. The van der Waals surface area contributed by atoms with E-state index >= 15 is 0 Å². The van der Waals surface area contributed by atoms with Crippen LogP contribution in [0.3, 0.4) is 0 Å². The zero-order valence-electron chi connectivity index (χ0n) is 11.8. The van der Waals surface area contributed by atoms with Crippen LogP contribution in [0.2, 0.25) is 0 Å². The van der Waals surface area contributed by atoms with Gasteiger partial charge in [0.1, 0.15) is 5.60 Å². The lowest BCUT2D eigenvalue weighted by Gasteiger charge is -2.41. The molecule has 1 unspecified atom stereocenters. The van der Waals surface area contributed by atoms with Gasteiger partial charge in [0.2, 0.25) is 0 Å². The van der Waals surface area contributed by atoms with E-state index in [0.29, 0.717) is 0 Å². The molecule has 0 amide bonds. The molecule has 2 aromatic rings. The summed E-state index contributed by atoms with van der Waals surface area (Å²) in [5.74, 6) is 0. The highest BCUT2D eigenvalue weighted by atomic mass is 16.3. The summed E-state index contributed by atoms with van der Waals surface area (Å²) in [7, 11) is 0. The van der Waals surface area contributed by atoms with E-state index in [1.807, 2.05) is 55.5 Å². The second kappa shape index (κ2) is 4.77. The molecule has 0 aromatic heterocycles. The molecule has 1 heteroatoms. The van der Waals surface area contributed by atoms with E-state index in [1.54, 1.807) is 0 Å². The third-order valence-corrected chi connectivity index (χ3v) is 3.96. The Bertz CT molecular complexity index is 676. The first-order valence-electron chi connectivity index (χ1n) is 6.87. The number of benzene rings is 2. The Kier molecular flexibility index (Phi) is 3.07. The Morgan fingerprint density at radius 3 is 2.00 bits per heavy atom. The van der Waals surface area contributed by atoms with E-state index in [1.165, 1.54) is 5.57 Å². The van der Waals surface area contributed by atoms with Crippen molar-refractivity contribution in [3.05, 3.63) is 82.9 Å². The molecule has 100 valence electrons. The largest absolute Gasteiger partial charge is 0.381 e. The summed E-state index contributed by atoms with van der Waals surface area (Å²) in [6.07, 6.45) is 2.07. The molecule has 0 bridgehead atoms. The molecule has 20 heavy (non-hydrogen) atoms. The number of aliphatic hydroxyl groups is 1. The Morgan fingerprint density at radius 1 is 0.900 bits per heavy atom.